The highest BCUT2D eigenvalue weighted by Gasteiger charge is 2.46. The molecule has 3 unspecified atom stereocenters. The molecule has 1 amide bonds. The second-order valence-electron chi connectivity index (χ2n) is 6.65. The van der Waals surface area contributed by atoms with Gasteiger partial charge in [0.2, 0.25) is 5.91 Å². The molecule has 1 N–H and O–H groups in total. The molecule has 28 heavy (non-hydrogen) atoms. The van der Waals surface area contributed by atoms with Crippen LogP contribution in [0.4, 0.5) is 27.6 Å². The van der Waals surface area contributed by atoms with E-state index in [0.717, 1.165) is 12.1 Å². The normalized spacial score (nSPS) is 23.2. The van der Waals surface area contributed by atoms with Crippen LogP contribution in [0.1, 0.15) is 17.3 Å². The van der Waals surface area contributed by atoms with Crippen LogP contribution in [0.3, 0.4) is 0 Å². The molecule has 1 aromatic carbocycles. The van der Waals surface area contributed by atoms with E-state index in [2.05, 4.69) is 23.0 Å². The van der Waals surface area contributed by atoms with Crippen LogP contribution in [0, 0.1) is 17.6 Å². The lowest BCUT2D eigenvalue weighted by Crippen LogP contribution is -2.33. The monoisotopic (exact) mass is 420 g/mol. The number of nitrogens with zero attached hydrogens (tertiary/aromatic N) is 3. The van der Waals surface area contributed by atoms with Crippen molar-refractivity contribution in [3.63, 3.8) is 0 Å². The number of carbonyl (C=O) groups excluding carboxylic acids is 1. The van der Waals surface area contributed by atoms with Crippen LogP contribution in [-0.2, 0) is 18.0 Å². The van der Waals surface area contributed by atoms with E-state index >= 15 is 0 Å². The summed E-state index contributed by atoms with van der Waals surface area (Å²) in [6.45, 7) is 0.228. The Morgan fingerprint density at radius 2 is 1.96 bits per heavy atom. The predicted octanol–water partition coefficient (Wildman–Crippen LogP) is 3.26. The number of likely N-dealkylation sites (N-methyl/N-ethyl adjacent to an activating group) is 1. The summed E-state index contributed by atoms with van der Waals surface area (Å²) < 4.78 is 67.2. The summed E-state index contributed by atoms with van der Waals surface area (Å²) in [5.74, 6) is -4.65. The summed E-state index contributed by atoms with van der Waals surface area (Å²) in [6.07, 6.45) is -4.59. The Morgan fingerprint density at radius 1 is 1.29 bits per heavy atom. The molecule has 1 aromatic heterocycles. The quantitative estimate of drug-likeness (QED) is 0.592. The molecular formula is C17H17F5N4OS. The summed E-state index contributed by atoms with van der Waals surface area (Å²) in [5, 5.41) is 5.59. The first-order valence-electron chi connectivity index (χ1n) is 8.25. The molecule has 1 fully saturated rings. The number of benzene rings is 1. The van der Waals surface area contributed by atoms with E-state index in [1.54, 1.807) is 11.9 Å². The maximum Gasteiger partial charge on any atom is 0.433 e. The van der Waals surface area contributed by atoms with Gasteiger partial charge in [-0.3, -0.25) is 14.4 Å². The molecule has 3 atom stereocenters. The highest BCUT2D eigenvalue weighted by Crippen LogP contribution is 2.40. The van der Waals surface area contributed by atoms with Crippen LogP contribution < -0.4 is 5.32 Å². The average Bonchev–Trinajstić information content (AvgIpc) is 3.12. The highest BCUT2D eigenvalue weighted by atomic mass is 32.1. The van der Waals surface area contributed by atoms with Gasteiger partial charge in [0.05, 0.1) is 22.7 Å². The van der Waals surface area contributed by atoms with Crippen molar-refractivity contribution in [2.75, 3.05) is 18.9 Å². The number of carbonyl (C=O) groups is 1. The molecule has 152 valence electrons. The van der Waals surface area contributed by atoms with Crippen molar-refractivity contribution in [3.05, 3.63) is 47.3 Å². The van der Waals surface area contributed by atoms with Crippen molar-refractivity contribution in [1.82, 2.24) is 14.7 Å². The zero-order chi connectivity index (χ0) is 20.8. The van der Waals surface area contributed by atoms with Gasteiger partial charge in [-0.25, -0.2) is 8.78 Å². The molecule has 0 saturated carbocycles. The molecule has 1 saturated heterocycles. The average molecular weight is 420 g/mol. The Balaban J connectivity index is 1.92. The second-order valence-corrected chi connectivity index (χ2v) is 7.18. The third-order valence-electron chi connectivity index (χ3n) is 4.77. The van der Waals surface area contributed by atoms with Crippen LogP contribution >= 0.6 is 12.6 Å². The van der Waals surface area contributed by atoms with Crippen LogP contribution in [0.25, 0.3) is 0 Å². The SMILES string of the molecule is CN1CC(c2cc(C(F)(F)F)n(C)n2)C(C(=O)Nc2cccc(F)c2F)C1S. The Kier molecular flexibility index (Phi) is 5.41. The Bertz CT molecular complexity index is 900. The van der Waals surface area contributed by atoms with Crippen LogP contribution in [0.15, 0.2) is 24.3 Å². The molecular weight excluding hydrogens is 403 g/mol. The maximum absolute atomic E-state index is 13.9. The number of rotatable bonds is 3. The molecule has 5 nitrogen and oxygen atoms in total. The molecule has 0 bridgehead atoms. The minimum Gasteiger partial charge on any atom is -0.323 e. The van der Waals surface area contributed by atoms with Crippen molar-refractivity contribution in [3.8, 4) is 0 Å². The number of anilines is 1. The first-order valence-corrected chi connectivity index (χ1v) is 8.76. The van der Waals surface area contributed by atoms with Crippen molar-refractivity contribution >= 4 is 24.2 Å². The van der Waals surface area contributed by atoms with Gasteiger partial charge in [0, 0.05) is 19.5 Å². The number of thiol groups is 1. The first kappa shape index (κ1) is 20.6. The number of hydrogen-bond donors (Lipinski definition) is 2. The summed E-state index contributed by atoms with van der Waals surface area (Å²) in [6, 6.07) is 4.23. The van der Waals surface area contributed by atoms with Gasteiger partial charge in [-0.2, -0.15) is 30.9 Å². The molecule has 2 aromatic rings. The lowest BCUT2D eigenvalue weighted by molar-refractivity contribution is -0.143. The number of alkyl halides is 3. The third kappa shape index (κ3) is 3.72. The van der Waals surface area contributed by atoms with Gasteiger partial charge < -0.3 is 5.32 Å². The zero-order valence-electron chi connectivity index (χ0n) is 14.8. The Labute approximate surface area is 162 Å². The van der Waals surface area contributed by atoms with Gasteiger partial charge in [0.25, 0.3) is 0 Å². The summed E-state index contributed by atoms with van der Waals surface area (Å²) in [4.78, 5) is 14.5. The van der Waals surface area contributed by atoms with Crippen molar-refractivity contribution < 1.29 is 26.7 Å². The van der Waals surface area contributed by atoms with Crippen LogP contribution in [0.2, 0.25) is 0 Å². The number of nitrogens with one attached hydrogen (secondary N) is 1. The largest absolute Gasteiger partial charge is 0.433 e. The van der Waals surface area contributed by atoms with Gasteiger partial charge in [-0.1, -0.05) is 6.07 Å². The van der Waals surface area contributed by atoms with Crippen molar-refractivity contribution in [2.24, 2.45) is 13.0 Å². The fraction of sp³-hybridized carbons (Fsp3) is 0.412. The Hall–Kier alpha value is -2.14. The summed E-state index contributed by atoms with van der Waals surface area (Å²) in [5.41, 5.74) is -1.21. The van der Waals surface area contributed by atoms with Crippen molar-refractivity contribution in [2.45, 2.75) is 17.5 Å². The molecule has 11 heteroatoms. The van der Waals surface area contributed by atoms with E-state index in [-0.39, 0.29) is 17.9 Å². The smallest absolute Gasteiger partial charge is 0.323 e. The number of aryl methyl sites for hydroxylation is 1. The Morgan fingerprint density at radius 3 is 2.57 bits per heavy atom. The van der Waals surface area contributed by atoms with E-state index in [1.165, 1.54) is 19.2 Å². The molecule has 2 heterocycles. The number of likely N-dealkylation sites (tertiary alicyclic amines) is 1. The van der Waals surface area contributed by atoms with Gasteiger partial charge in [-0.05, 0) is 25.2 Å². The zero-order valence-corrected chi connectivity index (χ0v) is 15.7. The first-order chi connectivity index (χ1) is 13.0. The minimum atomic E-state index is -4.59. The minimum absolute atomic E-state index is 0.0816. The van der Waals surface area contributed by atoms with E-state index in [4.69, 9.17) is 0 Å². The van der Waals surface area contributed by atoms with Gasteiger partial charge in [0.1, 0.15) is 5.69 Å². The number of aromatic nitrogens is 2. The summed E-state index contributed by atoms with van der Waals surface area (Å²) in [7, 11) is 2.83. The molecule has 0 radical (unpaired) electrons. The van der Waals surface area contributed by atoms with Crippen LogP contribution in [0.5, 0.6) is 0 Å². The van der Waals surface area contributed by atoms with Gasteiger partial charge >= 0.3 is 6.18 Å². The molecule has 0 aliphatic carbocycles. The van der Waals surface area contributed by atoms with E-state index in [0.29, 0.717) is 4.68 Å². The van der Waals surface area contributed by atoms with E-state index < -0.39 is 46.6 Å². The second kappa shape index (κ2) is 7.36. The highest BCUT2D eigenvalue weighted by molar-refractivity contribution is 7.80. The number of halogens is 5. The lowest BCUT2D eigenvalue weighted by atomic mass is 9.91. The van der Waals surface area contributed by atoms with E-state index in [9.17, 15) is 26.7 Å². The standard InChI is InChI=1S/C17H17F5N4OS/c1-25-7-8(11-6-12(17(20,21)22)26(2)24-11)13(16(25)28)15(27)23-10-5-3-4-9(18)14(10)19/h3-6,8,13,16,28H,7H2,1-2H3,(H,23,27). The van der Waals surface area contributed by atoms with Gasteiger partial charge in [-0.15, -0.1) is 0 Å². The number of amides is 1. The molecule has 3 rings (SSSR count). The van der Waals surface area contributed by atoms with Crippen LogP contribution in [-0.4, -0.2) is 39.6 Å². The molecule has 0 spiro atoms. The van der Waals surface area contributed by atoms with Crippen molar-refractivity contribution in [1.29, 1.82) is 0 Å². The fourth-order valence-corrected chi connectivity index (χ4v) is 3.80. The summed E-state index contributed by atoms with van der Waals surface area (Å²) >= 11 is 4.37. The fourth-order valence-electron chi connectivity index (χ4n) is 3.36. The molecule has 1 aliphatic heterocycles. The van der Waals surface area contributed by atoms with Gasteiger partial charge in [0.15, 0.2) is 11.6 Å². The third-order valence-corrected chi connectivity index (χ3v) is 5.49. The predicted molar refractivity (Wildman–Crippen MR) is 94.8 cm³/mol. The topological polar surface area (TPSA) is 50.2 Å². The lowest BCUT2D eigenvalue weighted by Gasteiger charge is -2.21. The van der Waals surface area contributed by atoms with E-state index in [1.807, 2.05) is 0 Å². The number of hydrogen-bond acceptors (Lipinski definition) is 4. The molecule has 1 aliphatic rings. The maximum atomic E-state index is 13.9.